The summed E-state index contributed by atoms with van der Waals surface area (Å²) in [5.41, 5.74) is 1.23. The van der Waals surface area contributed by atoms with Crippen LogP contribution in [-0.2, 0) is 6.54 Å². The smallest absolute Gasteiger partial charge is 0.182 e. The largest absolute Gasteiger partial charge is 0.317 e. The van der Waals surface area contributed by atoms with E-state index in [0.717, 1.165) is 54.8 Å². The number of fused-ring (bicyclic) bond motifs is 1. The Bertz CT molecular complexity index is 1120. The maximum absolute atomic E-state index is 13.4. The van der Waals surface area contributed by atoms with Gasteiger partial charge in [0.05, 0.1) is 16.8 Å². The van der Waals surface area contributed by atoms with Crippen molar-refractivity contribution in [1.29, 1.82) is 5.41 Å². The summed E-state index contributed by atoms with van der Waals surface area (Å²) in [6.45, 7) is 2.50. The van der Waals surface area contributed by atoms with Crippen molar-refractivity contribution in [2.75, 3.05) is 19.6 Å². The number of carbonyl (C=O) groups is 1. The Labute approximate surface area is 175 Å². The first kappa shape index (κ1) is 20.2. The van der Waals surface area contributed by atoms with E-state index in [9.17, 15) is 13.6 Å². The number of rotatable bonds is 5. The molecule has 0 atom stereocenters. The lowest BCUT2D eigenvalue weighted by Gasteiger charge is -2.31. The summed E-state index contributed by atoms with van der Waals surface area (Å²) in [6.07, 6.45) is 1.84. The van der Waals surface area contributed by atoms with Crippen molar-refractivity contribution in [3.8, 4) is 0 Å². The molecule has 1 aliphatic heterocycles. The fourth-order valence-corrected chi connectivity index (χ4v) is 4.99. The zero-order valence-electron chi connectivity index (χ0n) is 15.6. The Kier molecular flexibility index (Phi) is 5.81. The van der Waals surface area contributed by atoms with Gasteiger partial charge in [-0.1, -0.05) is 22.9 Å². The van der Waals surface area contributed by atoms with E-state index in [1.807, 2.05) is 22.8 Å². The molecular weight excluding hydrogens is 416 g/mol. The average molecular weight is 436 g/mol. The van der Waals surface area contributed by atoms with Crippen LogP contribution in [0.5, 0.6) is 0 Å². The SMILES string of the molecule is N=c1sc2cc(Cl)ccc2n1CC1CCN(CC(=O)c2ccc(F)c(F)c2)CC1. The molecule has 1 aromatic heterocycles. The number of hydrogen-bond acceptors (Lipinski definition) is 4. The van der Waals surface area contributed by atoms with E-state index in [-0.39, 0.29) is 17.9 Å². The van der Waals surface area contributed by atoms with Crippen molar-refractivity contribution in [3.63, 3.8) is 0 Å². The molecule has 1 fully saturated rings. The van der Waals surface area contributed by atoms with Gasteiger partial charge in [-0.3, -0.25) is 15.1 Å². The maximum atomic E-state index is 13.4. The predicted octanol–water partition coefficient (Wildman–Crippen LogP) is 4.71. The lowest BCUT2D eigenvalue weighted by molar-refractivity contribution is 0.0890. The van der Waals surface area contributed by atoms with E-state index in [0.29, 0.717) is 15.7 Å². The molecule has 4 nitrogen and oxygen atoms in total. The second-order valence-electron chi connectivity index (χ2n) is 7.40. The topological polar surface area (TPSA) is 49.1 Å². The fraction of sp³-hybridized carbons (Fsp3) is 0.333. The van der Waals surface area contributed by atoms with Crippen molar-refractivity contribution in [2.24, 2.45) is 5.92 Å². The number of likely N-dealkylation sites (tertiary alicyclic amines) is 1. The van der Waals surface area contributed by atoms with Crippen LogP contribution in [0.2, 0.25) is 5.02 Å². The first-order valence-corrected chi connectivity index (χ1v) is 10.6. The molecule has 4 rings (SSSR count). The van der Waals surface area contributed by atoms with Gasteiger partial charge in [0.2, 0.25) is 0 Å². The van der Waals surface area contributed by atoms with Gasteiger partial charge in [0.25, 0.3) is 0 Å². The van der Waals surface area contributed by atoms with Gasteiger partial charge in [-0.15, -0.1) is 0 Å². The quantitative estimate of drug-likeness (QED) is 0.590. The van der Waals surface area contributed by atoms with Crippen molar-refractivity contribution in [2.45, 2.75) is 19.4 Å². The van der Waals surface area contributed by atoms with Crippen molar-refractivity contribution < 1.29 is 13.6 Å². The fourth-order valence-electron chi connectivity index (χ4n) is 3.79. The summed E-state index contributed by atoms with van der Waals surface area (Å²) in [6, 6.07) is 8.98. The van der Waals surface area contributed by atoms with E-state index < -0.39 is 11.6 Å². The normalized spacial score (nSPS) is 15.8. The third-order valence-corrected chi connectivity index (χ3v) is 6.62. The van der Waals surface area contributed by atoms with E-state index in [4.69, 9.17) is 17.0 Å². The van der Waals surface area contributed by atoms with Gasteiger partial charge >= 0.3 is 0 Å². The third kappa shape index (κ3) is 4.42. The Hall–Kier alpha value is -2.09. The number of benzene rings is 2. The molecule has 0 aliphatic carbocycles. The summed E-state index contributed by atoms with van der Waals surface area (Å²) < 4.78 is 29.4. The van der Waals surface area contributed by atoms with Crippen LogP contribution in [0.3, 0.4) is 0 Å². The summed E-state index contributed by atoms with van der Waals surface area (Å²) in [4.78, 5) is 14.9. The Morgan fingerprint density at radius 2 is 1.90 bits per heavy atom. The van der Waals surface area contributed by atoms with Crippen LogP contribution >= 0.6 is 22.9 Å². The highest BCUT2D eigenvalue weighted by molar-refractivity contribution is 7.16. The van der Waals surface area contributed by atoms with E-state index in [2.05, 4.69) is 4.90 Å². The van der Waals surface area contributed by atoms with Crippen LogP contribution in [-0.4, -0.2) is 34.9 Å². The van der Waals surface area contributed by atoms with Gasteiger partial charge in [-0.05, 0) is 68.2 Å². The Morgan fingerprint density at radius 3 is 2.62 bits per heavy atom. The average Bonchev–Trinajstić information content (AvgIpc) is 2.99. The highest BCUT2D eigenvalue weighted by Gasteiger charge is 2.23. The molecule has 152 valence electrons. The summed E-state index contributed by atoms with van der Waals surface area (Å²) in [5, 5.41) is 8.95. The molecule has 29 heavy (non-hydrogen) atoms. The minimum Gasteiger partial charge on any atom is -0.317 e. The number of nitrogens with zero attached hydrogens (tertiary/aromatic N) is 2. The van der Waals surface area contributed by atoms with Crippen LogP contribution in [0, 0.1) is 23.0 Å². The molecule has 0 bridgehead atoms. The van der Waals surface area contributed by atoms with E-state index >= 15 is 0 Å². The number of carbonyl (C=O) groups excluding carboxylic acids is 1. The first-order valence-electron chi connectivity index (χ1n) is 9.45. The van der Waals surface area contributed by atoms with Crippen LogP contribution in [0.15, 0.2) is 36.4 Å². The molecule has 8 heteroatoms. The van der Waals surface area contributed by atoms with Gasteiger partial charge in [-0.2, -0.15) is 0 Å². The molecule has 0 saturated carbocycles. The molecule has 1 aliphatic rings. The lowest BCUT2D eigenvalue weighted by Crippen LogP contribution is -2.38. The molecular formula is C21H20ClF2N3OS. The second-order valence-corrected chi connectivity index (χ2v) is 8.87. The van der Waals surface area contributed by atoms with Crippen LogP contribution in [0.25, 0.3) is 10.2 Å². The van der Waals surface area contributed by atoms with Crippen molar-refractivity contribution >= 4 is 38.9 Å². The first-order chi connectivity index (χ1) is 13.9. The zero-order valence-corrected chi connectivity index (χ0v) is 17.2. The summed E-state index contributed by atoms with van der Waals surface area (Å²) in [7, 11) is 0. The monoisotopic (exact) mass is 435 g/mol. The molecule has 0 spiro atoms. The molecule has 0 radical (unpaired) electrons. The minimum atomic E-state index is -0.998. The summed E-state index contributed by atoms with van der Waals surface area (Å²) in [5.74, 6) is -1.73. The third-order valence-electron chi connectivity index (χ3n) is 5.42. The van der Waals surface area contributed by atoms with Crippen molar-refractivity contribution in [1.82, 2.24) is 9.47 Å². The standard InChI is InChI=1S/C21H20ClF2N3OS/c22-15-2-4-18-20(10-15)29-21(25)27(18)11-13-5-7-26(8-6-13)12-19(28)14-1-3-16(23)17(24)9-14/h1-4,9-10,13,25H,5-8,11-12H2. The van der Waals surface area contributed by atoms with Gasteiger partial charge in [-0.25, -0.2) is 8.78 Å². The number of piperidine rings is 1. The van der Waals surface area contributed by atoms with Crippen molar-refractivity contribution in [3.05, 3.63) is 63.4 Å². The van der Waals surface area contributed by atoms with Crippen LogP contribution in [0.1, 0.15) is 23.2 Å². The highest BCUT2D eigenvalue weighted by atomic mass is 35.5. The maximum Gasteiger partial charge on any atom is 0.182 e. The number of hydrogen-bond donors (Lipinski definition) is 1. The molecule has 2 heterocycles. The molecule has 1 N–H and O–H groups in total. The van der Waals surface area contributed by atoms with Gasteiger partial charge < -0.3 is 4.57 Å². The zero-order chi connectivity index (χ0) is 20.5. The molecule has 0 amide bonds. The number of thiazole rings is 1. The Balaban J connectivity index is 1.36. The van der Waals surface area contributed by atoms with E-state index in [1.165, 1.54) is 17.4 Å². The van der Waals surface area contributed by atoms with Gasteiger partial charge in [0, 0.05) is 17.1 Å². The van der Waals surface area contributed by atoms with Crippen LogP contribution in [0.4, 0.5) is 8.78 Å². The van der Waals surface area contributed by atoms with E-state index in [1.54, 1.807) is 0 Å². The number of ketones is 1. The summed E-state index contributed by atoms with van der Waals surface area (Å²) >= 11 is 7.48. The van der Waals surface area contributed by atoms with Gasteiger partial charge in [0.15, 0.2) is 22.2 Å². The van der Waals surface area contributed by atoms with Crippen LogP contribution < -0.4 is 4.80 Å². The molecule has 3 aromatic rings. The second kappa shape index (κ2) is 8.34. The molecule has 1 saturated heterocycles. The molecule has 0 unspecified atom stereocenters. The Morgan fingerprint density at radius 1 is 1.14 bits per heavy atom. The van der Waals surface area contributed by atoms with Gasteiger partial charge in [0.1, 0.15) is 0 Å². The number of aromatic nitrogens is 1. The number of Topliss-reactive ketones (excluding diaryl/α,β-unsaturated/α-hetero) is 1. The lowest BCUT2D eigenvalue weighted by atomic mass is 9.96. The number of halogens is 3. The predicted molar refractivity (Wildman–Crippen MR) is 111 cm³/mol. The highest BCUT2D eigenvalue weighted by Crippen LogP contribution is 2.25. The minimum absolute atomic E-state index is 0.198. The number of nitrogens with one attached hydrogen (secondary N) is 1. The molecule has 2 aromatic carbocycles.